The number of carbonyl (C=O) groups excluding carboxylic acids is 1. The molecule has 1 rings (SSSR count). The Balaban J connectivity index is 2.84. The van der Waals surface area contributed by atoms with Gasteiger partial charge in [-0.1, -0.05) is 19.0 Å². The van der Waals surface area contributed by atoms with Gasteiger partial charge in [0.05, 0.1) is 0 Å². The van der Waals surface area contributed by atoms with Gasteiger partial charge in [-0.3, -0.25) is 4.79 Å². The predicted molar refractivity (Wildman–Crippen MR) is 78.5 cm³/mol. The predicted octanol–water partition coefficient (Wildman–Crippen LogP) is 1.58. The number of hydrogen-bond donors (Lipinski definition) is 1. The number of hydrogen-bond acceptors (Lipinski definition) is 6. The topological polar surface area (TPSA) is 102 Å². The number of aromatic nitrogens is 2. The van der Waals surface area contributed by atoms with Crippen molar-refractivity contribution >= 4 is 15.7 Å². The zero-order valence-electron chi connectivity index (χ0n) is 13.3. The molecule has 7 nitrogen and oxygen atoms in total. The SMILES string of the molecule is CC(C)c1noc(C(C)S(=O)(=O)CC(=O)NC(C)(C)C)n1. The first kappa shape index (κ1) is 17.6. The summed E-state index contributed by atoms with van der Waals surface area (Å²) in [6, 6.07) is 0. The third-order valence-electron chi connectivity index (χ3n) is 2.71. The highest BCUT2D eigenvalue weighted by Gasteiger charge is 2.31. The van der Waals surface area contributed by atoms with E-state index in [2.05, 4.69) is 15.5 Å². The van der Waals surface area contributed by atoms with Crippen molar-refractivity contribution < 1.29 is 17.7 Å². The number of sulfone groups is 1. The Labute approximate surface area is 125 Å². The second-order valence-corrected chi connectivity index (χ2v) is 8.71. The molecule has 21 heavy (non-hydrogen) atoms. The second kappa shape index (κ2) is 6.13. The van der Waals surface area contributed by atoms with E-state index >= 15 is 0 Å². The summed E-state index contributed by atoms with van der Waals surface area (Å²) in [5.41, 5.74) is -0.481. The van der Waals surface area contributed by atoms with Gasteiger partial charge in [-0.15, -0.1) is 0 Å². The molecule has 8 heteroatoms. The molecule has 1 atom stereocenters. The van der Waals surface area contributed by atoms with Crippen molar-refractivity contribution in [2.24, 2.45) is 0 Å². The Bertz CT molecular complexity index is 599. The van der Waals surface area contributed by atoms with Crippen LogP contribution < -0.4 is 5.32 Å². The standard InChI is InChI=1S/C13H23N3O4S/c1-8(2)11-14-12(20-16-11)9(3)21(18,19)7-10(17)15-13(4,5)6/h8-9H,7H2,1-6H3,(H,15,17). The first-order valence-corrected chi connectivity index (χ1v) is 8.50. The van der Waals surface area contributed by atoms with E-state index in [9.17, 15) is 13.2 Å². The maximum atomic E-state index is 12.2. The fourth-order valence-electron chi connectivity index (χ4n) is 1.56. The van der Waals surface area contributed by atoms with Crippen molar-refractivity contribution in [2.75, 3.05) is 5.75 Å². The summed E-state index contributed by atoms with van der Waals surface area (Å²) >= 11 is 0. The Kier molecular flexibility index (Phi) is 5.14. The first-order chi connectivity index (χ1) is 9.42. The molecule has 0 bridgehead atoms. The first-order valence-electron chi connectivity index (χ1n) is 6.78. The summed E-state index contributed by atoms with van der Waals surface area (Å²) in [4.78, 5) is 15.8. The minimum absolute atomic E-state index is 0.0160. The lowest BCUT2D eigenvalue weighted by Gasteiger charge is -2.20. The molecule has 0 radical (unpaired) electrons. The molecule has 0 saturated heterocycles. The number of nitrogens with one attached hydrogen (secondary N) is 1. The van der Waals surface area contributed by atoms with Crippen LogP contribution in [0.5, 0.6) is 0 Å². The maximum Gasteiger partial charge on any atom is 0.244 e. The summed E-state index contributed by atoms with van der Waals surface area (Å²) in [6.45, 7) is 10.6. The molecule has 0 aliphatic carbocycles. The monoisotopic (exact) mass is 317 g/mol. The Hall–Kier alpha value is -1.44. The second-order valence-electron chi connectivity index (χ2n) is 6.39. The van der Waals surface area contributed by atoms with Crippen molar-refractivity contribution in [2.45, 2.75) is 58.2 Å². The molecule has 0 aromatic carbocycles. The normalized spacial score (nSPS) is 14.2. The van der Waals surface area contributed by atoms with Crippen LogP contribution in [0.25, 0.3) is 0 Å². The molecule has 0 fully saturated rings. The van der Waals surface area contributed by atoms with Gasteiger partial charge < -0.3 is 9.84 Å². The van der Waals surface area contributed by atoms with Crippen LogP contribution in [0.4, 0.5) is 0 Å². The molecule has 120 valence electrons. The molecule has 0 saturated carbocycles. The molecule has 0 aliphatic rings. The van der Waals surface area contributed by atoms with Crippen LogP contribution in [0, 0.1) is 0 Å². The van der Waals surface area contributed by atoms with E-state index < -0.39 is 32.3 Å². The molecule has 1 aromatic rings. The van der Waals surface area contributed by atoms with Crippen LogP contribution in [0.2, 0.25) is 0 Å². The Morgan fingerprint density at radius 2 is 1.86 bits per heavy atom. The van der Waals surface area contributed by atoms with Gasteiger partial charge in [-0.05, 0) is 27.7 Å². The highest BCUT2D eigenvalue weighted by Crippen LogP contribution is 2.22. The van der Waals surface area contributed by atoms with Crippen LogP contribution >= 0.6 is 0 Å². The fourth-order valence-corrected chi connectivity index (χ4v) is 2.65. The Morgan fingerprint density at radius 3 is 2.29 bits per heavy atom. The number of carbonyl (C=O) groups is 1. The van der Waals surface area contributed by atoms with Gasteiger partial charge >= 0.3 is 0 Å². The van der Waals surface area contributed by atoms with Crippen molar-refractivity contribution in [3.05, 3.63) is 11.7 Å². The van der Waals surface area contributed by atoms with Crippen LogP contribution in [0.3, 0.4) is 0 Å². The average Bonchev–Trinajstić information content (AvgIpc) is 2.73. The molecule has 1 aromatic heterocycles. The van der Waals surface area contributed by atoms with Crippen molar-refractivity contribution in [3.63, 3.8) is 0 Å². The van der Waals surface area contributed by atoms with Gasteiger partial charge in [0.1, 0.15) is 11.0 Å². The van der Waals surface area contributed by atoms with Gasteiger partial charge in [-0.25, -0.2) is 8.42 Å². The Morgan fingerprint density at radius 1 is 1.29 bits per heavy atom. The van der Waals surface area contributed by atoms with E-state index in [0.29, 0.717) is 5.82 Å². The van der Waals surface area contributed by atoms with Crippen LogP contribution in [0.15, 0.2) is 4.52 Å². The highest BCUT2D eigenvalue weighted by atomic mass is 32.2. The lowest BCUT2D eigenvalue weighted by molar-refractivity contribution is -0.120. The van der Waals surface area contributed by atoms with Crippen LogP contribution in [0.1, 0.15) is 64.4 Å². The summed E-state index contributed by atoms with van der Waals surface area (Å²) in [6.07, 6.45) is 0. The van der Waals surface area contributed by atoms with Crippen LogP contribution in [-0.4, -0.2) is 35.8 Å². The van der Waals surface area contributed by atoms with E-state index in [1.807, 2.05) is 13.8 Å². The quantitative estimate of drug-likeness (QED) is 0.884. The highest BCUT2D eigenvalue weighted by molar-refractivity contribution is 7.92. The number of rotatable bonds is 5. The molecule has 0 aliphatic heterocycles. The average molecular weight is 317 g/mol. The maximum absolute atomic E-state index is 12.2. The van der Waals surface area contributed by atoms with Crippen molar-refractivity contribution in [3.8, 4) is 0 Å². The van der Waals surface area contributed by atoms with Gasteiger partial charge in [0.2, 0.25) is 11.8 Å². The smallest absolute Gasteiger partial charge is 0.244 e. The minimum Gasteiger partial charge on any atom is -0.351 e. The fraction of sp³-hybridized carbons (Fsp3) is 0.769. The van der Waals surface area contributed by atoms with Crippen LogP contribution in [-0.2, 0) is 14.6 Å². The molecule has 1 heterocycles. The largest absolute Gasteiger partial charge is 0.351 e. The zero-order valence-corrected chi connectivity index (χ0v) is 14.1. The molecule has 0 spiro atoms. The molecule has 1 unspecified atom stereocenters. The lowest BCUT2D eigenvalue weighted by atomic mass is 10.1. The minimum atomic E-state index is -3.71. The summed E-state index contributed by atoms with van der Waals surface area (Å²) in [7, 11) is -3.71. The number of nitrogens with zero attached hydrogens (tertiary/aromatic N) is 2. The molecule has 1 N–H and O–H groups in total. The van der Waals surface area contributed by atoms with E-state index in [1.54, 1.807) is 20.8 Å². The van der Waals surface area contributed by atoms with Crippen molar-refractivity contribution in [1.82, 2.24) is 15.5 Å². The summed E-state index contributed by atoms with van der Waals surface area (Å²) in [5.74, 6) is -0.641. The zero-order chi connectivity index (χ0) is 16.4. The van der Waals surface area contributed by atoms with Crippen molar-refractivity contribution in [1.29, 1.82) is 0 Å². The van der Waals surface area contributed by atoms with Gasteiger partial charge in [0.25, 0.3) is 0 Å². The lowest BCUT2D eigenvalue weighted by Crippen LogP contribution is -2.43. The summed E-state index contributed by atoms with van der Waals surface area (Å²) < 4.78 is 29.4. The molecular formula is C13H23N3O4S. The van der Waals surface area contributed by atoms with Gasteiger partial charge in [0.15, 0.2) is 15.7 Å². The molecule has 1 amide bonds. The van der Waals surface area contributed by atoms with E-state index in [-0.39, 0.29) is 11.8 Å². The third kappa shape index (κ3) is 5.11. The molecular weight excluding hydrogens is 294 g/mol. The van der Waals surface area contributed by atoms with E-state index in [0.717, 1.165) is 0 Å². The number of amides is 1. The van der Waals surface area contributed by atoms with Gasteiger partial charge in [-0.2, -0.15) is 4.98 Å². The van der Waals surface area contributed by atoms with Gasteiger partial charge in [0, 0.05) is 11.5 Å². The van der Waals surface area contributed by atoms with E-state index in [1.165, 1.54) is 6.92 Å². The summed E-state index contributed by atoms with van der Waals surface area (Å²) in [5, 5.41) is 5.35. The van der Waals surface area contributed by atoms with E-state index in [4.69, 9.17) is 4.52 Å². The third-order valence-corrected chi connectivity index (χ3v) is 4.65.